The lowest BCUT2D eigenvalue weighted by Crippen LogP contribution is -2.33. The zero-order valence-corrected chi connectivity index (χ0v) is 15.2. The molecule has 5 heteroatoms. The lowest BCUT2D eigenvalue weighted by molar-refractivity contribution is -0.130. The Morgan fingerprint density at radius 1 is 1.12 bits per heavy atom. The topological polar surface area (TPSA) is 60.3 Å². The monoisotopic (exact) mass is 352 g/mol. The standard InChI is InChI=1S/C21H24N2O3/c1-13-12-18(14(2)23(13)17-10-11-17)21(25)26-19(15-6-4-3-5-7-15)20(24)22-16-8-9-16/h3-7,12,16-17,19H,8-11H2,1-2H3,(H,22,24)/t19-/m0/s1. The fourth-order valence-corrected chi connectivity index (χ4v) is 3.45. The Labute approximate surface area is 153 Å². The van der Waals surface area contributed by atoms with Crippen molar-refractivity contribution in [3.63, 3.8) is 0 Å². The third-order valence-corrected chi connectivity index (χ3v) is 5.11. The first-order valence-electron chi connectivity index (χ1n) is 9.29. The highest BCUT2D eigenvalue weighted by Gasteiger charge is 2.33. The summed E-state index contributed by atoms with van der Waals surface area (Å²) < 4.78 is 7.90. The van der Waals surface area contributed by atoms with Crippen LogP contribution in [-0.4, -0.2) is 22.5 Å². The summed E-state index contributed by atoms with van der Waals surface area (Å²) >= 11 is 0. The average molecular weight is 352 g/mol. The Bertz CT molecular complexity index is 832. The third-order valence-electron chi connectivity index (χ3n) is 5.11. The normalized spacial score (nSPS) is 17.6. The Morgan fingerprint density at radius 2 is 1.81 bits per heavy atom. The van der Waals surface area contributed by atoms with Crippen LogP contribution in [0.1, 0.15) is 65.1 Å². The Hall–Kier alpha value is -2.56. The Balaban J connectivity index is 1.58. The van der Waals surface area contributed by atoms with Crippen LogP contribution in [0.5, 0.6) is 0 Å². The van der Waals surface area contributed by atoms with Crippen LogP contribution in [-0.2, 0) is 9.53 Å². The second-order valence-corrected chi connectivity index (χ2v) is 7.36. The summed E-state index contributed by atoms with van der Waals surface area (Å²) in [5.41, 5.74) is 3.23. The zero-order chi connectivity index (χ0) is 18.3. The molecule has 0 bridgehead atoms. The van der Waals surface area contributed by atoms with Crippen LogP contribution in [0.4, 0.5) is 0 Å². The number of hydrogen-bond acceptors (Lipinski definition) is 3. The van der Waals surface area contributed by atoms with Gasteiger partial charge in [0.25, 0.3) is 5.91 Å². The van der Waals surface area contributed by atoms with E-state index in [0.717, 1.165) is 37.1 Å². The minimum Gasteiger partial charge on any atom is -0.444 e. The molecule has 1 N–H and O–H groups in total. The molecule has 2 aromatic rings. The number of ether oxygens (including phenoxy) is 1. The van der Waals surface area contributed by atoms with Crippen molar-refractivity contribution < 1.29 is 14.3 Å². The lowest BCUT2D eigenvalue weighted by atomic mass is 10.1. The largest absolute Gasteiger partial charge is 0.444 e. The van der Waals surface area contributed by atoms with Gasteiger partial charge in [-0.2, -0.15) is 0 Å². The molecule has 0 spiro atoms. The molecular formula is C21H24N2O3. The quantitative estimate of drug-likeness (QED) is 0.808. The first-order chi connectivity index (χ1) is 12.5. The van der Waals surface area contributed by atoms with Crippen molar-refractivity contribution in [2.45, 2.75) is 57.7 Å². The molecule has 0 aliphatic heterocycles. The van der Waals surface area contributed by atoms with E-state index in [2.05, 4.69) is 9.88 Å². The van der Waals surface area contributed by atoms with Crippen molar-refractivity contribution in [3.8, 4) is 0 Å². The molecule has 1 atom stereocenters. The molecule has 26 heavy (non-hydrogen) atoms. The second-order valence-electron chi connectivity index (χ2n) is 7.36. The number of aryl methyl sites for hydroxylation is 1. The molecular weight excluding hydrogens is 328 g/mol. The van der Waals surface area contributed by atoms with Gasteiger partial charge < -0.3 is 14.6 Å². The van der Waals surface area contributed by atoms with Crippen molar-refractivity contribution in [1.29, 1.82) is 0 Å². The molecule has 136 valence electrons. The van der Waals surface area contributed by atoms with Gasteiger partial charge in [0, 0.05) is 29.0 Å². The summed E-state index contributed by atoms with van der Waals surface area (Å²) in [7, 11) is 0. The average Bonchev–Trinajstić information content (AvgIpc) is 3.55. The molecule has 2 saturated carbocycles. The number of aromatic nitrogens is 1. The van der Waals surface area contributed by atoms with Crippen LogP contribution in [0, 0.1) is 13.8 Å². The van der Waals surface area contributed by atoms with Crippen LogP contribution in [0.15, 0.2) is 36.4 Å². The van der Waals surface area contributed by atoms with E-state index in [9.17, 15) is 9.59 Å². The fraction of sp³-hybridized carbons (Fsp3) is 0.429. The van der Waals surface area contributed by atoms with E-state index < -0.39 is 12.1 Å². The van der Waals surface area contributed by atoms with Gasteiger partial charge in [0.2, 0.25) is 6.10 Å². The van der Waals surface area contributed by atoms with Gasteiger partial charge in [-0.25, -0.2) is 4.79 Å². The zero-order valence-electron chi connectivity index (χ0n) is 15.2. The van der Waals surface area contributed by atoms with Crippen LogP contribution in [0.2, 0.25) is 0 Å². The summed E-state index contributed by atoms with van der Waals surface area (Å²) in [5.74, 6) is -0.687. The molecule has 0 saturated heterocycles. The SMILES string of the molecule is Cc1cc(C(=O)O[C@H](C(=O)NC2CC2)c2ccccc2)c(C)n1C1CC1. The number of hydrogen-bond donors (Lipinski definition) is 1. The van der Waals surface area contributed by atoms with E-state index in [1.165, 1.54) is 0 Å². The van der Waals surface area contributed by atoms with Gasteiger partial charge in [0.15, 0.2) is 0 Å². The summed E-state index contributed by atoms with van der Waals surface area (Å²) in [5, 5.41) is 2.95. The first kappa shape index (κ1) is 16.9. The maximum atomic E-state index is 12.8. The smallest absolute Gasteiger partial charge is 0.341 e. The van der Waals surface area contributed by atoms with Crippen LogP contribution in [0.25, 0.3) is 0 Å². The van der Waals surface area contributed by atoms with Gasteiger partial charge in [-0.05, 0) is 45.6 Å². The molecule has 0 radical (unpaired) electrons. The number of benzene rings is 1. The predicted octanol–water partition coefficient (Wildman–Crippen LogP) is 3.62. The Kier molecular flexibility index (Phi) is 4.31. The number of rotatable bonds is 6. The van der Waals surface area contributed by atoms with Crippen LogP contribution in [0.3, 0.4) is 0 Å². The molecule has 2 aliphatic carbocycles. The number of amides is 1. The molecule has 5 nitrogen and oxygen atoms in total. The summed E-state index contributed by atoms with van der Waals surface area (Å²) in [6.45, 7) is 3.96. The second kappa shape index (κ2) is 6.63. The van der Waals surface area contributed by atoms with Crippen LogP contribution < -0.4 is 5.32 Å². The molecule has 0 unspecified atom stereocenters. The first-order valence-corrected chi connectivity index (χ1v) is 9.29. The van der Waals surface area contributed by atoms with Gasteiger partial charge in [-0.15, -0.1) is 0 Å². The van der Waals surface area contributed by atoms with Gasteiger partial charge in [-0.3, -0.25) is 4.79 Å². The lowest BCUT2D eigenvalue weighted by Gasteiger charge is -2.18. The fourth-order valence-electron chi connectivity index (χ4n) is 3.45. The van der Waals surface area contributed by atoms with E-state index in [4.69, 9.17) is 4.74 Å². The highest BCUT2D eigenvalue weighted by Crippen LogP contribution is 2.38. The predicted molar refractivity (Wildman–Crippen MR) is 97.9 cm³/mol. The van der Waals surface area contributed by atoms with E-state index in [1.807, 2.05) is 50.2 Å². The van der Waals surface area contributed by atoms with Crippen molar-refractivity contribution in [1.82, 2.24) is 9.88 Å². The molecule has 2 fully saturated rings. The number of carbonyl (C=O) groups is 2. The molecule has 1 aromatic heterocycles. The Morgan fingerprint density at radius 3 is 2.42 bits per heavy atom. The highest BCUT2D eigenvalue weighted by atomic mass is 16.5. The van der Waals surface area contributed by atoms with E-state index in [-0.39, 0.29) is 11.9 Å². The molecule has 1 aromatic carbocycles. The van der Waals surface area contributed by atoms with E-state index >= 15 is 0 Å². The summed E-state index contributed by atoms with van der Waals surface area (Å²) in [6, 6.07) is 11.8. The molecule has 1 heterocycles. The van der Waals surface area contributed by atoms with Crippen LogP contribution >= 0.6 is 0 Å². The maximum Gasteiger partial charge on any atom is 0.341 e. The van der Waals surface area contributed by atoms with Gasteiger partial charge in [0.05, 0.1) is 5.56 Å². The highest BCUT2D eigenvalue weighted by molar-refractivity contribution is 5.94. The number of esters is 1. The number of nitrogens with one attached hydrogen (secondary N) is 1. The van der Waals surface area contributed by atoms with Crippen molar-refractivity contribution in [2.75, 3.05) is 0 Å². The van der Waals surface area contributed by atoms with Crippen molar-refractivity contribution in [3.05, 3.63) is 58.9 Å². The molecule has 1 amide bonds. The van der Waals surface area contributed by atoms with Crippen molar-refractivity contribution >= 4 is 11.9 Å². The third kappa shape index (κ3) is 3.39. The number of nitrogens with zero attached hydrogens (tertiary/aromatic N) is 1. The van der Waals surface area contributed by atoms with Gasteiger partial charge in [0.1, 0.15) is 0 Å². The summed E-state index contributed by atoms with van der Waals surface area (Å²) in [6.07, 6.45) is 3.36. The minimum absolute atomic E-state index is 0.215. The number of carbonyl (C=O) groups excluding carboxylic acids is 2. The van der Waals surface area contributed by atoms with E-state index in [1.54, 1.807) is 0 Å². The minimum atomic E-state index is -0.923. The van der Waals surface area contributed by atoms with Gasteiger partial charge in [-0.1, -0.05) is 30.3 Å². The van der Waals surface area contributed by atoms with Gasteiger partial charge >= 0.3 is 5.97 Å². The maximum absolute atomic E-state index is 12.8. The molecule has 2 aliphatic rings. The molecule has 4 rings (SSSR count). The van der Waals surface area contributed by atoms with E-state index in [0.29, 0.717) is 17.2 Å². The summed E-state index contributed by atoms with van der Waals surface area (Å²) in [4.78, 5) is 25.5. The van der Waals surface area contributed by atoms with Crippen molar-refractivity contribution in [2.24, 2.45) is 0 Å².